The normalized spacial score (nSPS) is 19.1. The predicted molar refractivity (Wildman–Crippen MR) is 72.5 cm³/mol. The maximum absolute atomic E-state index is 11.0. The number of hydrogen-bond donors (Lipinski definition) is 1. The molecule has 19 heavy (non-hydrogen) atoms. The van der Waals surface area contributed by atoms with Crippen LogP contribution in [0.2, 0.25) is 0 Å². The number of nitrogens with zero attached hydrogens (tertiary/aromatic N) is 1. The molecule has 1 aromatic carbocycles. The highest BCUT2D eigenvalue weighted by molar-refractivity contribution is 5.93. The number of aromatic carboxylic acids is 1. The molecule has 0 amide bonds. The molecule has 1 aromatic heterocycles. The van der Waals surface area contributed by atoms with Crippen molar-refractivity contribution in [3.05, 3.63) is 36.0 Å². The first-order valence-electron chi connectivity index (χ1n) is 6.68. The van der Waals surface area contributed by atoms with Crippen LogP contribution in [0.3, 0.4) is 0 Å². The summed E-state index contributed by atoms with van der Waals surface area (Å²) in [6, 6.07) is 7.28. The number of fused-ring (bicyclic) bond motifs is 1. The largest absolute Gasteiger partial charge is 0.478 e. The summed E-state index contributed by atoms with van der Waals surface area (Å²) in [5, 5.41) is 10.1. The molecule has 2 aromatic rings. The van der Waals surface area contributed by atoms with Crippen molar-refractivity contribution in [1.82, 2.24) is 4.57 Å². The van der Waals surface area contributed by atoms with Crippen LogP contribution in [-0.4, -0.2) is 28.4 Å². The summed E-state index contributed by atoms with van der Waals surface area (Å²) in [5.74, 6) is -0.881. The van der Waals surface area contributed by atoms with Gasteiger partial charge >= 0.3 is 5.97 Å². The van der Waals surface area contributed by atoms with E-state index in [-0.39, 0.29) is 0 Å². The van der Waals surface area contributed by atoms with Gasteiger partial charge in [0.05, 0.1) is 11.7 Å². The van der Waals surface area contributed by atoms with Crippen molar-refractivity contribution in [2.24, 2.45) is 0 Å². The zero-order valence-corrected chi connectivity index (χ0v) is 10.7. The number of carboxylic acids is 1. The van der Waals surface area contributed by atoms with Crippen LogP contribution in [0.25, 0.3) is 10.9 Å². The average Bonchev–Trinajstić information content (AvgIpc) is 3.05. The minimum absolute atomic E-state index is 0.338. The molecule has 0 spiro atoms. The van der Waals surface area contributed by atoms with Crippen LogP contribution in [0.15, 0.2) is 30.5 Å². The first-order valence-corrected chi connectivity index (χ1v) is 6.68. The van der Waals surface area contributed by atoms with Gasteiger partial charge in [0.15, 0.2) is 0 Å². The Kier molecular flexibility index (Phi) is 3.25. The second-order valence-corrected chi connectivity index (χ2v) is 5.01. The van der Waals surface area contributed by atoms with Crippen molar-refractivity contribution in [2.45, 2.75) is 31.9 Å². The number of carbonyl (C=O) groups is 1. The van der Waals surface area contributed by atoms with Gasteiger partial charge in [-0.2, -0.15) is 0 Å². The number of aryl methyl sites for hydroxylation is 1. The third kappa shape index (κ3) is 2.49. The maximum atomic E-state index is 11.0. The molecule has 0 bridgehead atoms. The monoisotopic (exact) mass is 259 g/mol. The summed E-state index contributed by atoms with van der Waals surface area (Å²) in [6.45, 7) is 1.75. The molecule has 1 fully saturated rings. The Morgan fingerprint density at radius 3 is 3.05 bits per heavy atom. The summed E-state index contributed by atoms with van der Waals surface area (Å²) in [5.41, 5.74) is 1.32. The molecule has 100 valence electrons. The molecule has 1 saturated heterocycles. The molecule has 4 nitrogen and oxygen atoms in total. The lowest BCUT2D eigenvalue weighted by Crippen LogP contribution is -2.09. The molecule has 2 heterocycles. The molecule has 0 radical (unpaired) electrons. The van der Waals surface area contributed by atoms with Gasteiger partial charge in [0.2, 0.25) is 0 Å². The van der Waals surface area contributed by atoms with E-state index in [0.717, 1.165) is 43.3 Å². The van der Waals surface area contributed by atoms with E-state index in [0.29, 0.717) is 11.7 Å². The van der Waals surface area contributed by atoms with Crippen LogP contribution in [0, 0.1) is 0 Å². The maximum Gasteiger partial charge on any atom is 0.335 e. The lowest BCUT2D eigenvalue weighted by atomic mass is 10.1. The molecule has 1 atom stereocenters. The number of hydrogen-bond acceptors (Lipinski definition) is 2. The Balaban J connectivity index is 1.81. The fourth-order valence-electron chi connectivity index (χ4n) is 2.67. The lowest BCUT2D eigenvalue weighted by molar-refractivity contribution is 0.0697. The highest BCUT2D eigenvalue weighted by atomic mass is 16.5. The molecule has 0 saturated carbocycles. The number of ether oxygens (including phenoxy) is 1. The molecule has 1 aliphatic rings. The third-order valence-electron chi connectivity index (χ3n) is 3.74. The fourth-order valence-corrected chi connectivity index (χ4v) is 2.67. The van der Waals surface area contributed by atoms with E-state index >= 15 is 0 Å². The van der Waals surface area contributed by atoms with E-state index in [2.05, 4.69) is 4.57 Å². The minimum Gasteiger partial charge on any atom is -0.478 e. The van der Waals surface area contributed by atoms with Gasteiger partial charge in [0.1, 0.15) is 0 Å². The van der Waals surface area contributed by atoms with Crippen LogP contribution in [0.5, 0.6) is 0 Å². The summed E-state index contributed by atoms with van der Waals surface area (Å²) >= 11 is 0. The van der Waals surface area contributed by atoms with Crippen molar-refractivity contribution in [2.75, 3.05) is 6.61 Å². The summed E-state index contributed by atoms with van der Waals surface area (Å²) in [4.78, 5) is 11.0. The van der Waals surface area contributed by atoms with Crippen LogP contribution < -0.4 is 0 Å². The van der Waals surface area contributed by atoms with Crippen molar-refractivity contribution in [3.63, 3.8) is 0 Å². The summed E-state index contributed by atoms with van der Waals surface area (Å²) in [6.07, 6.45) is 5.66. The molecule has 1 unspecified atom stereocenters. The van der Waals surface area contributed by atoms with Crippen molar-refractivity contribution in [3.8, 4) is 0 Å². The summed E-state index contributed by atoms with van der Waals surface area (Å²) in [7, 11) is 0. The standard InChI is InChI=1S/C15H17NO3/c17-15(18)12-4-3-11-5-7-16(14(11)10-12)8-6-13-2-1-9-19-13/h3-5,7,10,13H,1-2,6,8-9H2,(H,17,18). The molecule has 1 aliphatic heterocycles. The van der Waals surface area contributed by atoms with E-state index in [1.165, 1.54) is 0 Å². The Morgan fingerprint density at radius 1 is 1.42 bits per heavy atom. The Labute approximate surface area is 111 Å². The van der Waals surface area contributed by atoms with Gasteiger partial charge < -0.3 is 14.4 Å². The highest BCUT2D eigenvalue weighted by Gasteiger charge is 2.15. The van der Waals surface area contributed by atoms with Crippen molar-refractivity contribution < 1.29 is 14.6 Å². The smallest absolute Gasteiger partial charge is 0.335 e. The fraction of sp³-hybridized carbons (Fsp3) is 0.400. The van der Waals surface area contributed by atoms with Crippen LogP contribution in [0.4, 0.5) is 0 Å². The Morgan fingerprint density at radius 2 is 2.32 bits per heavy atom. The third-order valence-corrected chi connectivity index (χ3v) is 3.74. The first kappa shape index (κ1) is 12.2. The van der Waals surface area contributed by atoms with Crippen molar-refractivity contribution >= 4 is 16.9 Å². The first-order chi connectivity index (χ1) is 9.24. The molecular formula is C15H17NO3. The second kappa shape index (κ2) is 5.05. The molecule has 0 aliphatic carbocycles. The molecule has 4 heteroatoms. The zero-order valence-electron chi connectivity index (χ0n) is 10.7. The van der Waals surface area contributed by atoms with Gasteiger partial charge in [-0.1, -0.05) is 6.07 Å². The number of rotatable bonds is 4. The lowest BCUT2D eigenvalue weighted by Gasteiger charge is -2.11. The van der Waals surface area contributed by atoms with Crippen molar-refractivity contribution in [1.29, 1.82) is 0 Å². The SMILES string of the molecule is O=C(O)c1ccc2ccn(CCC3CCCO3)c2c1. The van der Waals surface area contributed by atoms with Crippen LogP contribution in [0.1, 0.15) is 29.6 Å². The van der Waals surface area contributed by atoms with Gasteiger partial charge in [0, 0.05) is 24.9 Å². The van der Waals surface area contributed by atoms with E-state index in [4.69, 9.17) is 9.84 Å². The van der Waals surface area contributed by atoms with Gasteiger partial charge in [-0.25, -0.2) is 4.79 Å². The molecule has 1 N–H and O–H groups in total. The van der Waals surface area contributed by atoms with Crippen LogP contribution >= 0.6 is 0 Å². The van der Waals surface area contributed by atoms with Crippen LogP contribution in [-0.2, 0) is 11.3 Å². The van der Waals surface area contributed by atoms with Gasteiger partial charge in [-0.15, -0.1) is 0 Å². The predicted octanol–water partition coefficient (Wildman–Crippen LogP) is 2.91. The minimum atomic E-state index is -0.881. The van der Waals surface area contributed by atoms with E-state index in [1.807, 2.05) is 18.3 Å². The quantitative estimate of drug-likeness (QED) is 0.918. The van der Waals surface area contributed by atoms with Gasteiger partial charge in [-0.3, -0.25) is 0 Å². The summed E-state index contributed by atoms with van der Waals surface area (Å²) < 4.78 is 7.73. The average molecular weight is 259 g/mol. The number of carboxylic acid groups (broad SMARTS) is 1. The zero-order chi connectivity index (χ0) is 13.2. The molecule has 3 rings (SSSR count). The van der Waals surface area contributed by atoms with Gasteiger partial charge in [0.25, 0.3) is 0 Å². The molecular weight excluding hydrogens is 242 g/mol. The van der Waals surface area contributed by atoms with E-state index in [9.17, 15) is 4.79 Å². The number of benzene rings is 1. The second-order valence-electron chi connectivity index (χ2n) is 5.01. The van der Waals surface area contributed by atoms with Gasteiger partial charge in [-0.05, 0) is 42.8 Å². The highest BCUT2D eigenvalue weighted by Crippen LogP contribution is 2.21. The van der Waals surface area contributed by atoms with E-state index < -0.39 is 5.97 Å². The Bertz CT molecular complexity index is 596. The number of aromatic nitrogens is 1. The Hall–Kier alpha value is -1.81. The van der Waals surface area contributed by atoms with E-state index in [1.54, 1.807) is 12.1 Å². The topological polar surface area (TPSA) is 51.5 Å².